The Bertz CT molecular complexity index is 815. The van der Waals surface area contributed by atoms with Crippen LogP contribution in [-0.2, 0) is 0 Å². The molecule has 21 heavy (non-hydrogen) atoms. The van der Waals surface area contributed by atoms with Gasteiger partial charge in [-0.1, -0.05) is 23.7 Å². The molecular formula is C14H11ClFN5. The van der Waals surface area contributed by atoms with Crippen molar-refractivity contribution in [3.63, 3.8) is 0 Å². The van der Waals surface area contributed by atoms with Crippen LogP contribution in [0.15, 0.2) is 36.4 Å². The van der Waals surface area contributed by atoms with Crippen LogP contribution in [0.3, 0.4) is 0 Å². The van der Waals surface area contributed by atoms with E-state index in [0.717, 1.165) is 11.1 Å². The lowest BCUT2D eigenvalue weighted by Gasteiger charge is -2.09. The molecule has 2 N–H and O–H groups in total. The number of nitrogen functional groups attached to an aromatic ring is 1. The third kappa shape index (κ3) is 2.34. The van der Waals surface area contributed by atoms with Gasteiger partial charge in [0, 0.05) is 11.3 Å². The molecule has 0 saturated carbocycles. The molecule has 0 saturated heterocycles. The first-order chi connectivity index (χ1) is 10.1. The molecule has 0 bridgehead atoms. The summed E-state index contributed by atoms with van der Waals surface area (Å²) < 4.78 is 14.6. The monoisotopic (exact) mass is 303 g/mol. The van der Waals surface area contributed by atoms with Crippen LogP contribution in [0.4, 0.5) is 10.1 Å². The second-order valence-electron chi connectivity index (χ2n) is 4.53. The van der Waals surface area contributed by atoms with Gasteiger partial charge in [0.1, 0.15) is 5.82 Å². The van der Waals surface area contributed by atoms with Crippen LogP contribution in [0.1, 0.15) is 5.56 Å². The normalized spacial score (nSPS) is 10.8. The molecule has 1 heterocycles. The van der Waals surface area contributed by atoms with Crippen LogP contribution < -0.4 is 5.73 Å². The number of halogens is 2. The molecule has 0 aliphatic heterocycles. The molecule has 1 aromatic heterocycles. The van der Waals surface area contributed by atoms with Crippen LogP contribution in [-0.4, -0.2) is 20.2 Å². The van der Waals surface area contributed by atoms with Gasteiger partial charge in [-0.15, -0.1) is 5.10 Å². The predicted molar refractivity (Wildman–Crippen MR) is 78.7 cm³/mol. The average molecular weight is 304 g/mol. The molecular weight excluding hydrogens is 293 g/mol. The summed E-state index contributed by atoms with van der Waals surface area (Å²) in [5.74, 6) is 0.0758. The zero-order valence-corrected chi connectivity index (χ0v) is 11.8. The Morgan fingerprint density at radius 1 is 1.24 bits per heavy atom. The second kappa shape index (κ2) is 5.14. The largest absolute Gasteiger partial charge is 0.398 e. The van der Waals surface area contributed by atoms with Crippen molar-refractivity contribution in [3.05, 3.63) is 52.8 Å². The fourth-order valence-corrected chi connectivity index (χ4v) is 2.31. The highest BCUT2D eigenvalue weighted by Gasteiger charge is 2.16. The Balaban J connectivity index is 2.20. The van der Waals surface area contributed by atoms with Crippen molar-refractivity contribution in [1.82, 2.24) is 20.2 Å². The van der Waals surface area contributed by atoms with E-state index in [1.165, 1.54) is 22.9 Å². The number of nitrogens with two attached hydrogens (primary N) is 1. The third-order valence-corrected chi connectivity index (χ3v) is 3.53. The van der Waals surface area contributed by atoms with Crippen LogP contribution in [0, 0.1) is 12.7 Å². The number of hydrogen-bond donors (Lipinski definition) is 1. The first-order valence-corrected chi connectivity index (χ1v) is 6.55. The van der Waals surface area contributed by atoms with Crippen molar-refractivity contribution in [2.24, 2.45) is 0 Å². The van der Waals surface area contributed by atoms with Crippen LogP contribution in [0.2, 0.25) is 5.02 Å². The van der Waals surface area contributed by atoms with Crippen LogP contribution in [0.25, 0.3) is 17.1 Å². The molecule has 0 unspecified atom stereocenters. The SMILES string of the molecule is Cc1c(N)cccc1-c1nnnn1-c1ccc(F)cc1Cl. The lowest BCUT2D eigenvalue weighted by atomic mass is 10.1. The molecule has 0 amide bonds. The molecule has 0 atom stereocenters. The Morgan fingerprint density at radius 3 is 2.81 bits per heavy atom. The molecule has 5 nitrogen and oxygen atoms in total. The van der Waals surface area contributed by atoms with Gasteiger partial charge in [0.25, 0.3) is 0 Å². The summed E-state index contributed by atoms with van der Waals surface area (Å²) in [6, 6.07) is 9.54. The highest BCUT2D eigenvalue weighted by molar-refractivity contribution is 6.32. The van der Waals surface area contributed by atoms with E-state index in [2.05, 4.69) is 15.5 Å². The van der Waals surface area contributed by atoms with Gasteiger partial charge in [-0.2, -0.15) is 4.68 Å². The summed E-state index contributed by atoms with van der Waals surface area (Å²) in [6.45, 7) is 1.88. The second-order valence-corrected chi connectivity index (χ2v) is 4.94. The maximum atomic E-state index is 13.2. The number of tetrazole rings is 1. The van der Waals surface area contributed by atoms with E-state index in [0.29, 0.717) is 17.2 Å². The van der Waals surface area contributed by atoms with Crippen molar-refractivity contribution < 1.29 is 4.39 Å². The smallest absolute Gasteiger partial charge is 0.187 e. The molecule has 3 aromatic rings. The van der Waals surface area contributed by atoms with Gasteiger partial charge in [0.15, 0.2) is 5.82 Å². The maximum Gasteiger partial charge on any atom is 0.187 e. The van der Waals surface area contributed by atoms with E-state index in [9.17, 15) is 4.39 Å². The van der Waals surface area contributed by atoms with Crippen molar-refractivity contribution in [1.29, 1.82) is 0 Å². The number of nitrogens with zero attached hydrogens (tertiary/aromatic N) is 4. The lowest BCUT2D eigenvalue weighted by molar-refractivity contribution is 0.627. The standard InChI is InChI=1S/C14H11ClFN5/c1-8-10(3-2-4-12(8)17)14-18-19-20-21(14)13-6-5-9(16)7-11(13)15/h2-7H,17H2,1H3. The molecule has 0 aliphatic rings. The van der Waals surface area contributed by atoms with Crippen molar-refractivity contribution >= 4 is 17.3 Å². The Kier molecular flexibility index (Phi) is 3.31. The molecule has 0 aliphatic carbocycles. The van der Waals surface area contributed by atoms with Gasteiger partial charge in [-0.25, -0.2) is 4.39 Å². The predicted octanol–water partition coefficient (Wildman–Crippen LogP) is 3.01. The molecule has 7 heteroatoms. The van der Waals surface area contributed by atoms with Crippen molar-refractivity contribution in [2.45, 2.75) is 6.92 Å². The quantitative estimate of drug-likeness (QED) is 0.739. The topological polar surface area (TPSA) is 69.6 Å². The van der Waals surface area contributed by atoms with Crippen molar-refractivity contribution in [2.75, 3.05) is 5.73 Å². The number of anilines is 1. The summed E-state index contributed by atoms with van der Waals surface area (Å²) in [5.41, 5.74) is 8.72. The van der Waals surface area contributed by atoms with Gasteiger partial charge in [0.05, 0.1) is 10.7 Å². The van der Waals surface area contributed by atoms with Crippen LogP contribution >= 0.6 is 11.6 Å². The molecule has 0 radical (unpaired) electrons. The Morgan fingerprint density at radius 2 is 2.05 bits per heavy atom. The molecule has 2 aromatic carbocycles. The van der Waals surface area contributed by atoms with E-state index in [1.807, 2.05) is 19.1 Å². The zero-order valence-electron chi connectivity index (χ0n) is 11.1. The summed E-state index contributed by atoms with van der Waals surface area (Å²) >= 11 is 6.07. The number of aromatic nitrogens is 4. The number of hydrogen-bond acceptors (Lipinski definition) is 4. The summed E-state index contributed by atoms with van der Waals surface area (Å²) in [5, 5.41) is 11.9. The van der Waals surface area contributed by atoms with E-state index in [1.54, 1.807) is 6.07 Å². The van der Waals surface area contributed by atoms with Gasteiger partial charge in [-0.05, 0) is 47.2 Å². The van der Waals surface area contributed by atoms with Crippen molar-refractivity contribution in [3.8, 4) is 17.1 Å². The number of rotatable bonds is 2. The average Bonchev–Trinajstić information content (AvgIpc) is 2.91. The van der Waals surface area contributed by atoms with Crippen LogP contribution in [0.5, 0.6) is 0 Å². The van der Waals surface area contributed by atoms with Gasteiger partial charge >= 0.3 is 0 Å². The molecule has 0 spiro atoms. The first-order valence-electron chi connectivity index (χ1n) is 6.17. The first kappa shape index (κ1) is 13.5. The van der Waals surface area contributed by atoms with Gasteiger partial charge < -0.3 is 5.73 Å². The highest BCUT2D eigenvalue weighted by Crippen LogP contribution is 2.29. The minimum atomic E-state index is -0.418. The summed E-state index contributed by atoms with van der Waals surface area (Å²) in [6.07, 6.45) is 0. The minimum Gasteiger partial charge on any atom is -0.398 e. The highest BCUT2D eigenvalue weighted by atomic mass is 35.5. The van der Waals surface area contributed by atoms with E-state index in [-0.39, 0.29) is 5.02 Å². The Labute approximate surface area is 125 Å². The molecule has 0 fully saturated rings. The lowest BCUT2D eigenvalue weighted by Crippen LogP contribution is -2.03. The minimum absolute atomic E-state index is 0.227. The van der Waals surface area contributed by atoms with E-state index < -0.39 is 5.82 Å². The molecule has 106 valence electrons. The molecule has 3 rings (SSSR count). The zero-order chi connectivity index (χ0) is 15.0. The fourth-order valence-electron chi connectivity index (χ4n) is 2.07. The number of benzene rings is 2. The fraction of sp³-hybridized carbons (Fsp3) is 0.0714. The summed E-state index contributed by atoms with van der Waals surface area (Å²) in [4.78, 5) is 0. The van der Waals surface area contributed by atoms with Gasteiger partial charge in [-0.3, -0.25) is 0 Å². The van der Waals surface area contributed by atoms with E-state index >= 15 is 0 Å². The van der Waals surface area contributed by atoms with E-state index in [4.69, 9.17) is 17.3 Å². The maximum absolute atomic E-state index is 13.2. The van der Waals surface area contributed by atoms with Gasteiger partial charge in [0.2, 0.25) is 0 Å². The Hall–Kier alpha value is -2.47. The summed E-state index contributed by atoms with van der Waals surface area (Å²) in [7, 11) is 0. The third-order valence-electron chi connectivity index (χ3n) is 3.22.